The maximum absolute atomic E-state index is 10.7. The summed E-state index contributed by atoms with van der Waals surface area (Å²) in [5.41, 5.74) is 2.09. The summed E-state index contributed by atoms with van der Waals surface area (Å²) in [6.45, 7) is 6.96. The number of aryl methyl sites for hydroxylation is 4. The van der Waals surface area contributed by atoms with Crippen LogP contribution in [-0.2, 0) is 30.8 Å². The molecule has 0 radical (unpaired) electrons. The van der Waals surface area contributed by atoms with E-state index in [0.29, 0.717) is 6.42 Å². The van der Waals surface area contributed by atoms with Crippen molar-refractivity contribution in [3.8, 4) is 0 Å². The molecular formula is C17H25N5O2. The Morgan fingerprint density at radius 2 is 2.21 bits per heavy atom. The van der Waals surface area contributed by atoms with Gasteiger partial charge in [-0.05, 0) is 25.8 Å². The number of carbonyl (C=O) groups is 1. The lowest BCUT2D eigenvalue weighted by atomic mass is 10.2. The SMILES string of the molecule is Cc1nccn1CCCN1CCCn2nc(CCC(=O)O)cc2C1. The van der Waals surface area contributed by atoms with Crippen molar-refractivity contribution in [3.63, 3.8) is 0 Å². The summed E-state index contributed by atoms with van der Waals surface area (Å²) in [7, 11) is 0. The largest absolute Gasteiger partial charge is 0.481 e. The molecule has 7 heteroatoms. The van der Waals surface area contributed by atoms with Crippen molar-refractivity contribution < 1.29 is 9.90 Å². The third-order valence-corrected chi connectivity index (χ3v) is 4.54. The van der Waals surface area contributed by atoms with Gasteiger partial charge in [0.05, 0.1) is 17.8 Å². The van der Waals surface area contributed by atoms with E-state index in [1.807, 2.05) is 19.3 Å². The Kier molecular flexibility index (Phi) is 5.30. The molecule has 2 aromatic rings. The van der Waals surface area contributed by atoms with E-state index in [0.717, 1.165) is 57.1 Å². The highest BCUT2D eigenvalue weighted by Gasteiger charge is 2.16. The smallest absolute Gasteiger partial charge is 0.303 e. The van der Waals surface area contributed by atoms with Gasteiger partial charge in [0, 0.05) is 51.5 Å². The molecule has 1 aliphatic rings. The van der Waals surface area contributed by atoms with Crippen LogP contribution in [0.25, 0.3) is 0 Å². The van der Waals surface area contributed by atoms with Gasteiger partial charge in [0.15, 0.2) is 0 Å². The van der Waals surface area contributed by atoms with Crippen molar-refractivity contribution in [2.75, 3.05) is 13.1 Å². The van der Waals surface area contributed by atoms with E-state index in [4.69, 9.17) is 5.11 Å². The van der Waals surface area contributed by atoms with Crippen LogP contribution in [0.2, 0.25) is 0 Å². The number of aromatic nitrogens is 4. The number of fused-ring (bicyclic) bond motifs is 1. The molecule has 0 saturated heterocycles. The van der Waals surface area contributed by atoms with Gasteiger partial charge >= 0.3 is 5.97 Å². The van der Waals surface area contributed by atoms with Gasteiger partial charge in [0.1, 0.15) is 5.82 Å². The fourth-order valence-corrected chi connectivity index (χ4v) is 3.24. The van der Waals surface area contributed by atoms with Crippen LogP contribution in [0.1, 0.15) is 36.5 Å². The van der Waals surface area contributed by atoms with Crippen LogP contribution in [0.15, 0.2) is 18.5 Å². The van der Waals surface area contributed by atoms with E-state index >= 15 is 0 Å². The van der Waals surface area contributed by atoms with Gasteiger partial charge in [-0.1, -0.05) is 0 Å². The first kappa shape index (κ1) is 16.7. The standard InChI is InChI=1S/C17H25N5O2/c1-14-18-6-11-21(14)9-2-7-20-8-3-10-22-16(13-20)12-15(19-22)4-5-17(23)24/h6,11-12H,2-5,7-10,13H2,1H3,(H,23,24). The molecular weight excluding hydrogens is 306 g/mol. The van der Waals surface area contributed by atoms with Crippen molar-refractivity contribution >= 4 is 5.97 Å². The van der Waals surface area contributed by atoms with E-state index in [2.05, 4.69) is 30.3 Å². The zero-order chi connectivity index (χ0) is 16.9. The second-order valence-electron chi connectivity index (χ2n) is 6.39. The number of nitrogens with zero attached hydrogens (tertiary/aromatic N) is 5. The summed E-state index contributed by atoms with van der Waals surface area (Å²) < 4.78 is 4.24. The normalized spacial score (nSPS) is 15.2. The van der Waals surface area contributed by atoms with Crippen LogP contribution in [-0.4, -0.2) is 48.4 Å². The number of hydrogen-bond donors (Lipinski definition) is 1. The lowest BCUT2D eigenvalue weighted by Crippen LogP contribution is -2.25. The van der Waals surface area contributed by atoms with E-state index in [1.54, 1.807) is 0 Å². The molecule has 0 fully saturated rings. The highest BCUT2D eigenvalue weighted by atomic mass is 16.4. The van der Waals surface area contributed by atoms with E-state index in [9.17, 15) is 4.79 Å². The van der Waals surface area contributed by atoms with E-state index in [1.165, 1.54) is 5.69 Å². The van der Waals surface area contributed by atoms with E-state index < -0.39 is 5.97 Å². The Bertz CT molecular complexity index is 691. The molecule has 7 nitrogen and oxygen atoms in total. The third kappa shape index (κ3) is 4.23. The summed E-state index contributed by atoms with van der Waals surface area (Å²) in [4.78, 5) is 17.4. The lowest BCUT2D eigenvalue weighted by molar-refractivity contribution is -0.136. The Labute approximate surface area is 141 Å². The first-order chi connectivity index (χ1) is 11.6. The third-order valence-electron chi connectivity index (χ3n) is 4.54. The molecule has 0 aromatic carbocycles. The predicted molar refractivity (Wildman–Crippen MR) is 89.7 cm³/mol. The minimum absolute atomic E-state index is 0.143. The van der Waals surface area contributed by atoms with Gasteiger partial charge in [-0.15, -0.1) is 0 Å². The number of carboxylic acids is 1. The molecule has 0 atom stereocenters. The first-order valence-electron chi connectivity index (χ1n) is 8.59. The summed E-state index contributed by atoms with van der Waals surface area (Å²) in [5.74, 6) is 0.293. The van der Waals surface area contributed by atoms with Crippen LogP contribution in [0, 0.1) is 6.92 Å². The number of rotatable bonds is 7. The maximum atomic E-state index is 10.7. The van der Waals surface area contributed by atoms with Gasteiger partial charge in [0.2, 0.25) is 0 Å². The number of aliphatic carboxylic acids is 1. The Hall–Kier alpha value is -2.15. The first-order valence-corrected chi connectivity index (χ1v) is 8.59. The molecule has 0 saturated carbocycles. The number of hydrogen-bond acceptors (Lipinski definition) is 4. The molecule has 0 unspecified atom stereocenters. The zero-order valence-corrected chi connectivity index (χ0v) is 14.2. The van der Waals surface area contributed by atoms with Gasteiger partial charge in [0.25, 0.3) is 0 Å². The maximum Gasteiger partial charge on any atom is 0.303 e. The molecule has 0 bridgehead atoms. The highest BCUT2D eigenvalue weighted by molar-refractivity contribution is 5.66. The van der Waals surface area contributed by atoms with Crippen LogP contribution in [0.5, 0.6) is 0 Å². The molecule has 3 rings (SSSR count). The highest BCUT2D eigenvalue weighted by Crippen LogP contribution is 2.15. The van der Waals surface area contributed by atoms with Crippen LogP contribution < -0.4 is 0 Å². The second-order valence-corrected chi connectivity index (χ2v) is 6.39. The lowest BCUT2D eigenvalue weighted by Gasteiger charge is -2.19. The van der Waals surface area contributed by atoms with Gasteiger partial charge < -0.3 is 9.67 Å². The fourth-order valence-electron chi connectivity index (χ4n) is 3.24. The van der Waals surface area contributed by atoms with Crippen molar-refractivity contribution in [1.82, 2.24) is 24.2 Å². The fraction of sp³-hybridized carbons (Fsp3) is 0.588. The minimum Gasteiger partial charge on any atom is -0.481 e. The molecule has 130 valence electrons. The Morgan fingerprint density at radius 3 is 2.96 bits per heavy atom. The van der Waals surface area contributed by atoms with Crippen LogP contribution in [0.4, 0.5) is 0 Å². The summed E-state index contributed by atoms with van der Waals surface area (Å²) >= 11 is 0. The minimum atomic E-state index is -0.769. The van der Waals surface area contributed by atoms with Crippen molar-refractivity contribution in [2.45, 2.75) is 52.2 Å². The van der Waals surface area contributed by atoms with Gasteiger partial charge in [-0.25, -0.2) is 4.98 Å². The van der Waals surface area contributed by atoms with Crippen LogP contribution >= 0.6 is 0 Å². The summed E-state index contributed by atoms with van der Waals surface area (Å²) in [6.07, 6.45) is 6.70. The van der Waals surface area contributed by atoms with Crippen molar-refractivity contribution in [3.05, 3.63) is 35.7 Å². The van der Waals surface area contributed by atoms with Crippen molar-refractivity contribution in [2.24, 2.45) is 0 Å². The van der Waals surface area contributed by atoms with Crippen LogP contribution in [0.3, 0.4) is 0 Å². The second kappa shape index (κ2) is 7.61. The zero-order valence-electron chi connectivity index (χ0n) is 14.2. The average molecular weight is 331 g/mol. The molecule has 2 aromatic heterocycles. The monoisotopic (exact) mass is 331 g/mol. The molecule has 1 N–H and O–H groups in total. The Balaban J connectivity index is 1.53. The molecule has 1 aliphatic heterocycles. The van der Waals surface area contributed by atoms with Gasteiger partial charge in [-0.2, -0.15) is 5.10 Å². The molecule has 24 heavy (non-hydrogen) atoms. The Morgan fingerprint density at radius 1 is 1.33 bits per heavy atom. The molecule has 0 spiro atoms. The van der Waals surface area contributed by atoms with Crippen molar-refractivity contribution in [1.29, 1.82) is 0 Å². The number of carboxylic acid groups (broad SMARTS) is 1. The summed E-state index contributed by atoms with van der Waals surface area (Å²) in [6, 6.07) is 2.07. The van der Waals surface area contributed by atoms with E-state index in [-0.39, 0.29) is 6.42 Å². The molecule has 0 amide bonds. The average Bonchev–Trinajstić information content (AvgIpc) is 3.07. The van der Waals surface area contributed by atoms with Gasteiger partial charge in [-0.3, -0.25) is 14.4 Å². The quantitative estimate of drug-likeness (QED) is 0.836. The predicted octanol–water partition coefficient (Wildman–Crippen LogP) is 1.70. The summed E-state index contributed by atoms with van der Waals surface area (Å²) in [5, 5.41) is 13.4. The topological polar surface area (TPSA) is 76.2 Å². The molecule has 3 heterocycles. The molecule has 0 aliphatic carbocycles. The number of imidazole rings is 1.